The summed E-state index contributed by atoms with van der Waals surface area (Å²) in [6.45, 7) is 37.1. The molecule has 1 unspecified atom stereocenters. The molecule has 3 radical (unpaired) electrons. The predicted molar refractivity (Wildman–Crippen MR) is 575 cm³/mol. The van der Waals surface area contributed by atoms with Crippen LogP contribution in [0.15, 0.2) is 103 Å². The van der Waals surface area contributed by atoms with E-state index in [0.717, 1.165) is 74.3 Å². The maximum atomic E-state index is 12.5. The number of hydrogen-bond acceptors (Lipinski definition) is 31. The SMILES string of the molecule is C.C.C.CC(C)(C)C=O.CCOCC.COCc1cc(Br)c(OC)c(OC)c1.COCc1cc(Br)c(OC)c(OC)c1.COCc1cc(OC)c(OC)c(C(=O)C(C)(C)C)c1.COCc1cc(OC)c(OC)c(C(=O)C(C)(C)C)c1.COCc1cc(OC)c(OC)c(C(O)C(C)(C)C)c1.COc1cc(C=O)cc(Br)c1O.COc1cc(CO)cc(Br)c1O.CS(C)(=O)(O)OO.C[C-](C)C.O.[B].[Br-].[C-]#C.[H-].[Li+].[Mg+2].[Na+].[O]=[Mn]=[O]. The van der Waals surface area contributed by atoms with Gasteiger partial charge in [-0.1, -0.05) is 105 Å². The van der Waals surface area contributed by atoms with Crippen LogP contribution < -0.4 is 122 Å². The maximum absolute atomic E-state index is 12.5. The number of ether oxygens (including phenoxy) is 18. The third-order valence-electron chi connectivity index (χ3n) is 16.0. The number of benzene rings is 7. The van der Waals surface area contributed by atoms with Crippen LogP contribution in [0.1, 0.15) is 218 Å². The summed E-state index contributed by atoms with van der Waals surface area (Å²) in [4.78, 5) is 45.2. The first-order chi connectivity index (χ1) is 63.3. The number of aldehydes is 2. The molecule has 145 heavy (non-hydrogen) atoms. The van der Waals surface area contributed by atoms with Crippen molar-refractivity contribution in [3.05, 3.63) is 171 Å². The first-order valence-electron chi connectivity index (χ1n) is 41.0. The van der Waals surface area contributed by atoms with Gasteiger partial charge in [0, 0.05) is 97.1 Å². The second kappa shape index (κ2) is 92.3. The molecule has 0 heterocycles. The number of methoxy groups -OCH3 is 17. The van der Waals surface area contributed by atoms with Crippen LogP contribution in [0.3, 0.4) is 0 Å². The summed E-state index contributed by atoms with van der Waals surface area (Å²) < 4.78 is 134. The van der Waals surface area contributed by atoms with Crippen LogP contribution >= 0.6 is 63.7 Å². The summed E-state index contributed by atoms with van der Waals surface area (Å²) in [6.07, 6.45) is 11.8. The van der Waals surface area contributed by atoms with Gasteiger partial charge in [0.25, 0.3) is 0 Å². The fourth-order valence-electron chi connectivity index (χ4n) is 10.00. The van der Waals surface area contributed by atoms with Gasteiger partial charge in [-0.25, -0.2) is 9.47 Å². The molecule has 7 rings (SSSR count). The normalized spacial score (nSPS) is 10.2. The van der Waals surface area contributed by atoms with Crippen molar-refractivity contribution in [2.24, 2.45) is 21.7 Å². The van der Waals surface area contributed by atoms with E-state index in [1.165, 1.54) is 46.5 Å². The molecule has 33 nitrogen and oxygen atoms in total. The average molecular weight is 2460 g/mol. The number of hydrogen-bond donors (Lipinski definition) is 6. The van der Waals surface area contributed by atoms with Gasteiger partial charge in [-0.2, -0.15) is 20.8 Å². The minimum atomic E-state index is -4.06. The molecule has 0 aliphatic rings. The molecule has 7 aromatic rings. The van der Waals surface area contributed by atoms with E-state index >= 15 is 0 Å². The molecule has 0 spiro atoms. The Balaban J connectivity index is -0.0000000919. The van der Waals surface area contributed by atoms with Gasteiger partial charge >= 0.3 is 94.0 Å². The Bertz CT molecular complexity index is 4620. The van der Waals surface area contributed by atoms with E-state index < -0.39 is 41.4 Å². The molecule has 0 fully saturated rings. The Morgan fingerprint density at radius 3 is 0.897 bits per heavy atom. The molecule has 820 valence electrons. The van der Waals surface area contributed by atoms with Crippen LogP contribution in [0.25, 0.3) is 0 Å². The molecule has 0 aliphatic heterocycles. The average Bonchev–Trinajstić information content (AvgIpc) is 0.802. The minimum absolute atomic E-state index is 0. The summed E-state index contributed by atoms with van der Waals surface area (Å²) in [7, 11) is 22.8. The van der Waals surface area contributed by atoms with E-state index in [1.807, 2.05) is 145 Å². The third kappa shape index (κ3) is 72.7. The number of halogens is 5. The summed E-state index contributed by atoms with van der Waals surface area (Å²) >= 11 is 11.6. The van der Waals surface area contributed by atoms with Crippen molar-refractivity contribution < 1.29 is 238 Å². The molecule has 8 N–H and O–H groups in total. The zero-order valence-electron chi connectivity index (χ0n) is 90.8. The van der Waals surface area contributed by atoms with Gasteiger partial charge in [-0.05, 0) is 201 Å². The number of phenols is 2. The first kappa shape index (κ1) is 173. The number of carbonyl (C=O) groups is 4. The Labute approximate surface area is 969 Å². The number of phenolic OH excluding ortho intramolecular Hbond substituents is 2. The van der Waals surface area contributed by atoms with Crippen molar-refractivity contribution in [3.63, 3.8) is 0 Å². The van der Waals surface area contributed by atoms with Gasteiger partial charge in [-0.3, -0.25) is 14.4 Å². The van der Waals surface area contributed by atoms with Crippen LogP contribution in [0.5, 0.6) is 80.5 Å². The fraction of sp³-hybridized carbons (Fsp3) is 0.515. The van der Waals surface area contributed by atoms with Crippen molar-refractivity contribution in [2.75, 3.05) is 147 Å². The quantitative estimate of drug-likeness (QED) is 0.00463. The molecule has 0 aromatic heterocycles. The number of aromatic hydroxyl groups is 2. The van der Waals surface area contributed by atoms with Gasteiger partial charge < -0.3 is 158 Å². The molecule has 7 aromatic carbocycles. The number of carbonyl (C=O) groups excluding carboxylic acids is 4. The van der Waals surface area contributed by atoms with Gasteiger partial charge in [0.1, 0.15) is 22.2 Å². The zero-order valence-corrected chi connectivity index (χ0v) is 103. The molecule has 0 bridgehead atoms. The zero-order chi connectivity index (χ0) is 107. The fourth-order valence-corrected chi connectivity index (χ4v) is 12.3. The Kier molecular flexibility index (Phi) is 110. The van der Waals surface area contributed by atoms with Gasteiger partial charge in [0.05, 0.1) is 160 Å². The van der Waals surface area contributed by atoms with Crippen molar-refractivity contribution in [1.82, 2.24) is 0 Å². The molecular weight excluding hydrogens is 2290 g/mol. The predicted octanol–water partition coefficient (Wildman–Crippen LogP) is 13.2. The second-order valence-electron chi connectivity index (χ2n) is 32.9. The summed E-state index contributed by atoms with van der Waals surface area (Å²) in [5.74, 6) is 8.17. The third-order valence-corrected chi connectivity index (χ3v) is 18.8. The van der Waals surface area contributed by atoms with Crippen LogP contribution in [-0.2, 0) is 109 Å². The van der Waals surface area contributed by atoms with Crippen LogP contribution in [0, 0.1) is 40.4 Å². The van der Waals surface area contributed by atoms with Crippen molar-refractivity contribution in [2.45, 2.75) is 186 Å². The Morgan fingerprint density at radius 2 is 0.690 bits per heavy atom. The number of ketones is 2. The van der Waals surface area contributed by atoms with Crippen molar-refractivity contribution in [3.8, 4) is 86.9 Å². The second-order valence-corrected chi connectivity index (χ2v) is 40.0. The molecule has 0 aliphatic carbocycles. The Hall–Kier alpha value is -5.40. The molecular formula is C101H163BBr5LiMgMnNaO33S. The van der Waals surface area contributed by atoms with E-state index in [2.05, 4.69) is 95.2 Å². The number of aliphatic hydroxyl groups excluding tert-OH is 2. The van der Waals surface area contributed by atoms with Gasteiger partial charge in [0.15, 0.2) is 92.1 Å². The standard InChI is InChI=1S/C15H24O4.2C15H22O4.2C10H13BrO3.C8H9BrO3.C8H7BrO3.C5H10O.C4H10O.C4H9.C2H8O4S.C2H.3CH4.B.BrH.Li.Mg.Mn.Na.H2O.2O.H/c3*1-15(2,3)14(16)11-7-10(9-17-4)8-12(18-5)13(11)19-6;2*1-12-6-7-4-8(11)10(14-3)9(5-7)13-2;2*1-12-7-3-5(4-10)2-6(9)8(7)11;1-5(2,3)4-6;1-3-5-4-2;1-4(2)3;1-7(2,4,5)6-3;1-2;;;;;;;;;;;;;/h7-8,14,16H,9H2,1-6H3;2*7-8H,9H2,1-6H3;2*4-5H,6H2,1-3H3;2-3,10-11H,4H2,1H3;2-4,11H,1H3;4H,1-3H3;3-4H2,1-2H3;1-3H3;3H,1-2H3,(H,4,5);1H;3*1H4;;1H;;;;;1H2;;;/q;;;;;;;;;-1;;-1;;;;;;+1;+2;;+1;;;;-1/p-1. The summed E-state index contributed by atoms with van der Waals surface area (Å²) in [6, 6.07) is 24.9. The molecule has 0 saturated heterocycles. The topological polar surface area (TPSA) is 448 Å². The summed E-state index contributed by atoms with van der Waals surface area (Å²) in [5.41, 5.74) is 6.32. The molecule has 1 atom stereocenters. The van der Waals surface area contributed by atoms with E-state index in [4.69, 9.17) is 114 Å². The van der Waals surface area contributed by atoms with Crippen molar-refractivity contribution in [1.29, 1.82) is 0 Å². The van der Waals surface area contributed by atoms with Crippen molar-refractivity contribution >= 4 is 129 Å². The van der Waals surface area contributed by atoms with E-state index in [0.29, 0.717) is 134 Å². The molecule has 44 heteroatoms. The van der Waals surface area contributed by atoms with Gasteiger partial charge in [-0.15, -0.1) is 4.33 Å². The van der Waals surface area contributed by atoms with Crippen LogP contribution in [0.4, 0.5) is 0 Å². The number of aliphatic hydroxyl groups is 2. The van der Waals surface area contributed by atoms with E-state index in [1.54, 1.807) is 117 Å². The van der Waals surface area contributed by atoms with E-state index in [9.17, 15) is 38.7 Å². The van der Waals surface area contributed by atoms with Gasteiger partial charge in [0.2, 0.25) is 0 Å². The van der Waals surface area contributed by atoms with Crippen LogP contribution in [-0.4, -0.2) is 242 Å². The first-order valence-corrected chi connectivity index (χ1v) is 47.8. The summed E-state index contributed by atoms with van der Waals surface area (Å²) in [5, 5.41) is 45.7. The molecule has 0 saturated carbocycles. The number of Topliss-reactive ketones (excluding diaryl/α,β-unsaturated/α-hetero) is 2. The van der Waals surface area contributed by atoms with Crippen LogP contribution in [0.2, 0.25) is 0 Å². The number of rotatable bonds is 30. The number of terminal acetylenes is 1. The van der Waals surface area contributed by atoms with E-state index in [-0.39, 0.29) is 172 Å². The Morgan fingerprint density at radius 1 is 0.462 bits per heavy atom. The monoisotopic (exact) mass is 2450 g/mol. The molecule has 0 amide bonds.